The van der Waals surface area contributed by atoms with Gasteiger partial charge in [0.2, 0.25) is 5.91 Å². The second-order valence-electron chi connectivity index (χ2n) is 15.5. The van der Waals surface area contributed by atoms with E-state index in [1.807, 2.05) is 51.1 Å². The van der Waals surface area contributed by atoms with Crippen LogP contribution in [0.4, 0.5) is 0 Å². The summed E-state index contributed by atoms with van der Waals surface area (Å²) < 4.78 is 29.7. The van der Waals surface area contributed by atoms with Crippen LogP contribution in [0, 0.1) is 0 Å². The standard InChI is InChI=1S/C45H52N4O8S2/c1-6-7-8-9-10-25-57-34-19-15-30(16-20-34)33-27-46-41(47-28-33)32-13-11-29(12-14-32)26-36(48-43(52)37-23-24-38(58-37)45(2,3)4)42(51)49-39(44(53)54)40(50)31-17-21-35(22-18-31)59(5,55)56/h11-24,27-28,36,39-40,50H,6-10,25-26H2,1-5H3,(H,48,52)(H,49,51)(H,53,54)/t36-,39?,40?/m0/s1. The number of nitrogens with zero attached hydrogens (tertiary/aromatic N) is 2. The molecule has 4 N–H and O–H groups in total. The number of nitrogens with one attached hydrogen (secondary N) is 2. The number of ether oxygens (including phenoxy) is 1. The summed E-state index contributed by atoms with van der Waals surface area (Å²) in [4.78, 5) is 50.3. The molecule has 0 saturated carbocycles. The lowest BCUT2D eigenvalue weighted by atomic mass is 9.95. The van der Waals surface area contributed by atoms with Crippen LogP contribution in [0.3, 0.4) is 0 Å². The zero-order valence-electron chi connectivity index (χ0n) is 34.0. The van der Waals surface area contributed by atoms with Crippen LogP contribution in [-0.2, 0) is 31.3 Å². The van der Waals surface area contributed by atoms with Gasteiger partial charge in [-0.05, 0) is 64.9 Å². The second-order valence-corrected chi connectivity index (χ2v) is 18.6. The van der Waals surface area contributed by atoms with E-state index in [2.05, 4.69) is 27.5 Å². The van der Waals surface area contributed by atoms with Gasteiger partial charge in [0.25, 0.3) is 5.91 Å². The number of carbonyl (C=O) groups is 3. The zero-order chi connectivity index (χ0) is 42.7. The Kier molecular flexibility index (Phi) is 15.1. The highest BCUT2D eigenvalue weighted by molar-refractivity contribution is 7.90. The van der Waals surface area contributed by atoms with Crippen LogP contribution in [0.5, 0.6) is 5.75 Å². The molecule has 2 unspecified atom stereocenters. The van der Waals surface area contributed by atoms with E-state index in [1.165, 1.54) is 61.3 Å². The first kappa shape index (κ1) is 44.7. The quantitative estimate of drug-likeness (QED) is 0.0605. The summed E-state index contributed by atoms with van der Waals surface area (Å²) in [7, 11) is -3.54. The number of thiophene rings is 1. The first-order chi connectivity index (χ1) is 28.0. The molecule has 3 atom stereocenters. The largest absolute Gasteiger partial charge is 0.494 e. The van der Waals surface area contributed by atoms with Gasteiger partial charge in [-0.3, -0.25) is 9.59 Å². The van der Waals surface area contributed by atoms with Gasteiger partial charge in [0.05, 0.1) is 16.4 Å². The molecule has 59 heavy (non-hydrogen) atoms. The van der Waals surface area contributed by atoms with E-state index in [-0.39, 0.29) is 22.3 Å². The Labute approximate surface area is 350 Å². The van der Waals surface area contributed by atoms with E-state index in [4.69, 9.17) is 4.74 Å². The number of hydrogen-bond donors (Lipinski definition) is 4. The summed E-state index contributed by atoms with van der Waals surface area (Å²) in [6, 6.07) is 20.5. The Bertz CT molecular complexity index is 2290. The van der Waals surface area contributed by atoms with Crippen LogP contribution >= 0.6 is 11.3 Å². The van der Waals surface area contributed by atoms with Crippen molar-refractivity contribution in [1.82, 2.24) is 20.6 Å². The summed E-state index contributed by atoms with van der Waals surface area (Å²) >= 11 is 1.30. The van der Waals surface area contributed by atoms with Crippen LogP contribution < -0.4 is 15.4 Å². The van der Waals surface area contributed by atoms with E-state index in [1.54, 1.807) is 42.7 Å². The minimum atomic E-state index is -3.54. The van der Waals surface area contributed by atoms with Crippen LogP contribution in [0.2, 0.25) is 0 Å². The van der Waals surface area contributed by atoms with E-state index in [0.29, 0.717) is 22.9 Å². The van der Waals surface area contributed by atoms with E-state index < -0.39 is 45.8 Å². The molecule has 5 aromatic rings. The molecule has 0 aliphatic heterocycles. The molecule has 12 nitrogen and oxygen atoms in total. The number of benzene rings is 3. The fraction of sp³-hybridized carbons (Fsp3) is 0.356. The third-order valence-corrected chi connectivity index (χ3v) is 12.4. The molecule has 0 saturated heterocycles. The van der Waals surface area contributed by atoms with Gasteiger partial charge >= 0.3 is 5.97 Å². The van der Waals surface area contributed by atoms with Gasteiger partial charge in [0, 0.05) is 41.1 Å². The third-order valence-electron chi connectivity index (χ3n) is 9.73. The lowest BCUT2D eigenvalue weighted by Crippen LogP contribution is -2.54. The minimum absolute atomic E-state index is 0.0136. The van der Waals surface area contributed by atoms with Crippen molar-refractivity contribution in [3.63, 3.8) is 0 Å². The van der Waals surface area contributed by atoms with E-state index in [9.17, 15) is 33.0 Å². The van der Waals surface area contributed by atoms with Crippen LogP contribution in [-0.4, -0.2) is 71.3 Å². The number of aliphatic hydroxyl groups is 1. The van der Waals surface area contributed by atoms with Crippen LogP contribution in [0.25, 0.3) is 22.5 Å². The average molecular weight is 841 g/mol. The van der Waals surface area contributed by atoms with Crippen molar-refractivity contribution >= 4 is 39.0 Å². The van der Waals surface area contributed by atoms with Crippen molar-refractivity contribution in [1.29, 1.82) is 0 Å². The Morgan fingerprint density at radius 1 is 0.797 bits per heavy atom. The minimum Gasteiger partial charge on any atom is -0.494 e. The Morgan fingerprint density at radius 2 is 1.42 bits per heavy atom. The number of carbonyl (C=O) groups excluding carboxylic acids is 2. The number of unbranched alkanes of at least 4 members (excludes halogenated alkanes) is 4. The number of sulfone groups is 1. The van der Waals surface area contributed by atoms with Crippen molar-refractivity contribution in [3.8, 4) is 28.3 Å². The Morgan fingerprint density at radius 3 is 2.00 bits per heavy atom. The van der Waals surface area contributed by atoms with Crippen molar-refractivity contribution in [2.75, 3.05) is 12.9 Å². The van der Waals surface area contributed by atoms with Gasteiger partial charge in [-0.25, -0.2) is 23.2 Å². The number of carboxylic acid groups (broad SMARTS) is 1. The molecule has 0 spiro atoms. The van der Waals surface area contributed by atoms with Gasteiger partial charge in [0.1, 0.15) is 17.9 Å². The molecule has 2 amide bonds. The highest BCUT2D eigenvalue weighted by Gasteiger charge is 2.33. The predicted octanol–water partition coefficient (Wildman–Crippen LogP) is 7.57. The molecule has 0 aliphatic rings. The van der Waals surface area contributed by atoms with E-state index in [0.717, 1.165) is 40.0 Å². The Hall–Kier alpha value is -5.44. The molecule has 0 fully saturated rings. The van der Waals surface area contributed by atoms with Crippen molar-refractivity contribution in [2.24, 2.45) is 0 Å². The summed E-state index contributed by atoms with van der Waals surface area (Å²) in [5, 5.41) is 26.3. The second kappa shape index (κ2) is 20.0. The molecule has 312 valence electrons. The fourth-order valence-corrected chi connectivity index (χ4v) is 7.82. The number of aromatic nitrogens is 2. The highest BCUT2D eigenvalue weighted by Crippen LogP contribution is 2.30. The smallest absolute Gasteiger partial charge is 0.329 e. The first-order valence-electron chi connectivity index (χ1n) is 19.6. The van der Waals surface area contributed by atoms with Crippen molar-refractivity contribution in [3.05, 3.63) is 118 Å². The van der Waals surface area contributed by atoms with Gasteiger partial charge in [-0.1, -0.05) is 102 Å². The molecule has 0 bridgehead atoms. The van der Waals surface area contributed by atoms with E-state index >= 15 is 0 Å². The lowest BCUT2D eigenvalue weighted by Gasteiger charge is -2.25. The summed E-state index contributed by atoms with van der Waals surface area (Å²) in [5.74, 6) is -1.57. The maximum Gasteiger partial charge on any atom is 0.329 e. The molecule has 2 heterocycles. The maximum atomic E-state index is 13.9. The van der Waals surface area contributed by atoms with Gasteiger partial charge in [-0.15, -0.1) is 11.3 Å². The van der Waals surface area contributed by atoms with Gasteiger partial charge in [0.15, 0.2) is 21.7 Å². The van der Waals surface area contributed by atoms with Gasteiger partial charge in [-0.2, -0.15) is 0 Å². The molecule has 0 radical (unpaired) electrons. The maximum absolute atomic E-state index is 13.9. The Balaban J connectivity index is 1.29. The number of amides is 2. The third kappa shape index (κ3) is 12.5. The zero-order valence-corrected chi connectivity index (χ0v) is 35.6. The normalized spacial score (nSPS) is 13.3. The number of aliphatic hydroxyl groups excluding tert-OH is 1. The average Bonchev–Trinajstić information content (AvgIpc) is 3.73. The SMILES string of the molecule is CCCCCCCOc1ccc(-c2cnc(-c3ccc(C[C@H](NC(=O)c4ccc(C(C)(C)C)s4)C(=O)NC(C(=O)O)C(O)c4ccc(S(C)(=O)=O)cc4)cc3)nc2)cc1. The number of hydrogen-bond acceptors (Lipinski definition) is 10. The summed E-state index contributed by atoms with van der Waals surface area (Å²) in [6.07, 6.45) is 8.67. The molecule has 5 rings (SSSR count). The van der Waals surface area contributed by atoms with Crippen LogP contribution in [0.1, 0.15) is 91.6 Å². The summed E-state index contributed by atoms with van der Waals surface area (Å²) in [5.41, 5.74) is 3.04. The van der Waals surface area contributed by atoms with Crippen LogP contribution in [0.15, 0.2) is 102 Å². The molecule has 3 aromatic carbocycles. The number of carboxylic acids is 1. The van der Waals surface area contributed by atoms with Crippen molar-refractivity contribution < 1.29 is 37.8 Å². The summed E-state index contributed by atoms with van der Waals surface area (Å²) in [6.45, 7) is 8.97. The topological polar surface area (TPSA) is 185 Å². The number of rotatable bonds is 19. The highest BCUT2D eigenvalue weighted by atomic mass is 32.2. The monoisotopic (exact) mass is 840 g/mol. The number of aliphatic carboxylic acids is 1. The molecule has 2 aromatic heterocycles. The molecular formula is C45H52N4O8S2. The first-order valence-corrected chi connectivity index (χ1v) is 22.3. The van der Waals surface area contributed by atoms with Crippen molar-refractivity contribution in [2.45, 2.75) is 94.7 Å². The molecular weight excluding hydrogens is 789 g/mol. The fourth-order valence-electron chi connectivity index (χ4n) is 6.23. The predicted molar refractivity (Wildman–Crippen MR) is 229 cm³/mol. The molecule has 0 aliphatic carbocycles. The lowest BCUT2D eigenvalue weighted by molar-refractivity contribution is -0.145. The molecule has 14 heteroatoms. The van der Waals surface area contributed by atoms with Gasteiger partial charge < -0.3 is 25.6 Å².